The lowest BCUT2D eigenvalue weighted by Gasteiger charge is -2.50. The Balaban J connectivity index is 2.42. The fourth-order valence-corrected chi connectivity index (χ4v) is 1.69. The minimum absolute atomic E-state index is 0.105. The molecule has 12 heavy (non-hydrogen) atoms. The fraction of sp³-hybridized carbons (Fsp3) is 0.889. The van der Waals surface area contributed by atoms with Gasteiger partial charge >= 0.3 is 5.97 Å². The van der Waals surface area contributed by atoms with E-state index >= 15 is 0 Å². The molecule has 2 atom stereocenters. The van der Waals surface area contributed by atoms with Gasteiger partial charge in [0, 0.05) is 12.5 Å². The molecular weight excluding hydrogens is 154 g/mol. The van der Waals surface area contributed by atoms with Crippen molar-refractivity contribution < 1.29 is 9.53 Å². The first kappa shape index (κ1) is 9.52. The van der Waals surface area contributed by atoms with E-state index < -0.39 is 0 Å². The first-order valence-corrected chi connectivity index (χ1v) is 4.31. The number of ether oxygens (including phenoxy) is 1. The van der Waals surface area contributed by atoms with Gasteiger partial charge in [0.15, 0.2) is 0 Å². The number of hydrogen-bond donors (Lipinski definition) is 1. The lowest BCUT2D eigenvalue weighted by Crippen LogP contribution is -2.54. The highest BCUT2D eigenvalue weighted by Gasteiger charge is 2.46. The summed E-state index contributed by atoms with van der Waals surface area (Å²) < 4.78 is 4.61. The van der Waals surface area contributed by atoms with Gasteiger partial charge in [-0.2, -0.15) is 0 Å². The molecule has 0 heterocycles. The van der Waals surface area contributed by atoms with E-state index in [1.54, 1.807) is 0 Å². The molecule has 1 saturated carbocycles. The summed E-state index contributed by atoms with van der Waals surface area (Å²) in [7, 11) is 1.42. The molecule has 0 aromatic carbocycles. The topological polar surface area (TPSA) is 52.3 Å². The summed E-state index contributed by atoms with van der Waals surface area (Å²) in [5.74, 6) is 0.278. The lowest BCUT2D eigenvalue weighted by molar-refractivity contribution is -0.145. The SMILES string of the molecule is COC(=O)C[C@@H]1C[C@H](N)C1(C)C. The smallest absolute Gasteiger partial charge is 0.305 e. The minimum atomic E-state index is -0.125. The summed E-state index contributed by atoms with van der Waals surface area (Å²) in [5, 5.41) is 0. The van der Waals surface area contributed by atoms with Crippen molar-refractivity contribution >= 4 is 5.97 Å². The Morgan fingerprint density at radius 2 is 2.25 bits per heavy atom. The summed E-state index contributed by atoms with van der Waals surface area (Å²) in [4.78, 5) is 10.9. The van der Waals surface area contributed by atoms with E-state index in [4.69, 9.17) is 5.73 Å². The normalized spacial score (nSPS) is 32.3. The molecule has 0 bridgehead atoms. The molecular formula is C9H17NO2. The molecule has 3 heteroatoms. The number of carbonyl (C=O) groups is 1. The van der Waals surface area contributed by atoms with Gasteiger partial charge in [-0.1, -0.05) is 13.8 Å². The third-order valence-corrected chi connectivity index (χ3v) is 3.19. The second-order valence-electron chi connectivity index (χ2n) is 4.14. The van der Waals surface area contributed by atoms with Crippen LogP contribution in [0.1, 0.15) is 26.7 Å². The van der Waals surface area contributed by atoms with E-state index in [9.17, 15) is 4.79 Å². The zero-order valence-corrected chi connectivity index (χ0v) is 7.96. The number of hydrogen-bond acceptors (Lipinski definition) is 3. The quantitative estimate of drug-likeness (QED) is 0.629. The van der Waals surface area contributed by atoms with Gasteiger partial charge < -0.3 is 10.5 Å². The fourth-order valence-electron chi connectivity index (χ4n) is 1.69. The molecule has 0 spiro atoms. The zero-order valence-electron chi connectivity index (χ0n) is 7.96. The van der Waals surface area contributed by atoms with Crippen molar-refractivity contribution in [2.24, 2.45) is 17.1 Å². The molecule has 0 radical (unpaired) electrons. The van der Waals surface area contributed by atoms with Crippen LogP contribution in [-0.4, -0.2) is 19.1 Å². The second-order valence-corrected chi connectivity index (χ2v) is 4.14. The van der Waals surface area contributed by atoms with Crippen LogP contribution in [0.3, 0.4) is 0 Å². The van der Waals surface area contributed by atoms with Crippen molar-refractivity contribution in [2.75, 3.05) is 7.11 Å². The summed E-state index contributed by atoms with van der Waals surface area (Å²) in [6.45, 7) is 4.21. The van der Waals surface area contributed by atoms with Crippen molar-refractivity contribution in [1.82, 2.24) is 0 Å². The summed E-state index contributed by atoms with van der Waals surface area (Å²) in [6.07, 6.45) is 1.46. The van der Waals surface area contributed by atoms with Crippen LogP contribution in [-0.2, 0) is 9.53 Å². The molecule has 1 aliphatic rings. The van der Waals surface area contributed by atoms with Crippen molar-refractivity contribution in [3.05, 3.63) is 0 Å². The Labute approximate surface area is 73.3 Å². The van der Waals surface area contributed by atoms with Gasteiger partial charge in [0.1, 0.15) is 0 Å². The Kier molecular flexibility index (Phi) is 2.42. The summed E-state index contributed by atoms with van der Waals surface area (Å²) in [5.41, 5.74) is 5.92. The predicted octanol–water partition coefficient (Wildman–Crippen LogP) is 0.923. The Bertz CT molecular complexity index is 189. The van der Waals surface area contributed by atoms with Gasteiger partial charge in [-0.25, -0.2) is 0 Å². The monoisotopic (exact) mass is 171 g/mol. The predicted molar refractivity (Wildman–Crippen MR) is 46.5 cm³/mol. The molecule has 0 unspecified atom stereocenters. The largest absolute Gasteiger partial charge is 0.469 e. The number of nitrogens with two attached hydrogens (primary N) is 1. The number of rotatable bonds is 2. The average Bonchev–Trinajstić information content (AvgIpc) is 2.03. The number of methoxy groups -OCH3 is 1. The highest BCUT2D eigenvalue weighted by molar-refractivity contribution is 5.69. The highest BCUT2D eigenvalue weighted by Crippen LogP contribution is 2.46. The van der Waals surface area contributed by atoms with Crippen molar-refractivity contribution in [2.45, 2.75) is 32.7 Å². The molecule has 0 aromatic rings. The first-order chi connectivity index (χ1) is 5.48. The van der Waals surface area contributed by atoms with E-state index in [1.165, 1.54) is 7.11 Å². The molecule has 0 aliphatic heterocycles. The van der Waals surface area contributed by atoms with Gasteiger partial charge in [-0.15, -0.1) is 0 Å². The van der Waals surface area contributed by atoms with Crippen LogP contribution in [0.15, 0.2) is 0 Å². The van der Waals surface area contributed by atoms with Crippen LogP contribution < -0.4 is 5.73 Å². The summed E-state index contributed by atoms with van der Waals surface area (Å²) in [6, 6.07) is 0.243. The number of carbonyl (C=O) groups excluding carboxylic acids is 1. The van der Waals surface area contributed by atoms with Crippen molar-refractivity contribution in [1.29, 1.82) is 0 Å². The molecule has 0 amide bonds. The van der Waals surface area contributed by atoms with E-state index in [2.05, 4.69) is 18.6 Å². The van der Waals surface area contributed by atoms with Crippen LogP contribution in [0, 0.1) is 11.3 Å². The molecule has 1 aliphatic carbocycles. The van der Waals surface area contributed by atoms with Gasteiger partial charge in [0.2, 0.25) is 0 Å². The second kappa shape index (κ2) is 3.05. The van der Waals surface area contributed by atoms with E-state index in [-0.39, 0.29) is 17.4 Å². The van der Waals surface area contributed by atoms with Gasteiger partial charge in [-0.05, 0) is 17.8 Å². The first-order valence-electron chi connectivity index (χ1n) is 4.31. The Hall–Kier alpha value is -0.570. The van der Waals surface area contributed by atoms with Crippen LogP contribution in [0.5, 0.6) is 0 Å². The lowest BCUT2D eigenvalue weighted by atomic mass is 9.58. The highest BCUT2D eigenvalue weighted by atomic mass is 16.5. The molecule has 0 aromatic heterocycles. The third kappa shape index (κ3) is 1.46. The molecule has 0 saturated heterocycles. The maximum atomic E-state index is 10.9. The van der Waals surface area contributed by atoms with Crippen molar-refractivity contribution in [3.8, 4) is 0 Å². The van der Waals surface area contributed by atoms with Gasteiger partial charge in [0.05, 0.1) is 7.11 Å². The summed E-state index contributed by atoms with van der Waals surface area (Å²) >= 11 is 0. The maximum Gasteiger partial charge on any atom is 0.305 e. The third-order valence-electron chi connectivity index (χ3n) is 3.19. The average molecular weight is 171 g/mol. The zero-order chi connectivity index (χ0) is 9.35. The molecule has 2 N–H and O–H groups in total. The maximum absolute atomic E-state index is 10.9. The van der Waals surface area contributed by atoms with E-state index in [0.29, 0.717) is 12.3 Å². The molecule has 3 nitrogen and oxygen atoms in total. The van der Waals surface area contributed by atoms with Gasteiger partial charge in [-0.3, -0.25) is 4.79 Å². The van der Waals surface area contributed by atoms with Crippen LogP contribution in [0.4, 0.5) is 0 Å². The Morgan fingerprint density at radius 1 is 1.67 bits per heavy atom. The van der Waals surface area contributed by atoms with Crippen LogP contribution in [0.25, 0.3) is 0 Å². The van der Waals surface area contributed by atoms with Crippen LogP contribution >= 0.6 is 0 Å². The minimum Gasteiger partial charge on any atom is -0.469 e. The van der Waals surface area contributed by atoms with Crippen LogP contribution in [0.2, 0.25) is 0 Å². The molecule has 1 rings (SSSR count). The van der Waals surface area contributed by atoms with E-state index in [0.717, 1.165) is 6.42 Å². The molecule has 70 valence electrons. The van der Waals surface area contributed by atoms with Crippen molar-refractivity contribution in [3.63, 3.8) is 0 Å². The van der Waals surface area contributed by atoms with E-state index in [1.807, 2.05) is 0 Å². The molecule has 1 fully saturated rings. The standard InChI is InChI=1S/C9H17NO2/c1-9(2)6(4-7(9)10)5-8(11)12-3/h6-7H,4-5,10H2,1-3H3/t6-,7-/m0/s1. The van der Waals surface area contributed by atoms with Gasteiger partial charge in [0.25, 0.3) is 0 Å². The Morgan fingerprint density at radius 3 is 2.58 bits per heavy atom. The number of esters is 1.